The van der Waals surface area contributed by atoms with Crippen molar-refractivity contribution in [1.29, 1.82) is 0 Å². The highest BCUT2D eigenvalue weighted by molar-refractivity contribution is 6.04. The van der Waals surface area contributed by atoms with Crippen molar-refractivity contribution in [3.05, 3.63) is 65.7 Å². The van der Waals surface area contributed by atoms with Crippen molar-refractivity contribution in [1.82, 2.24) is 10.2 Å². The van der Waals surface area contributed by atoms with E-state index in [1.807, 2.05) is 30.3 Å². The van der Waals surface area contributed by atoms with Crippen molar-refractivity contribution < 1.29 is 14.4 Å². The summed E-state index contributed by atoms with van der Waals surface area (Å²) in [6, 6.07) is 16.8. The minimum atomic E-state index is -0.292. The predicted molar refractivity (Wildman–Crippen MR) is 108 cm³/mol. The van der Waals surface area contributed by atoms with E-state index in [9.17, 15) is 14.4 Å². The molecule has 3 rings (SSSR count). The van der Waals surface area contributed by atoms with Gasteiger partial charge < -0.3 is 15.5 Å². The Labute approximate surface area is 164 Å². The molecule has 0 atom stereocenters. The molecule has 2 aromatic rings. The van der Waals surface area contributed by atoms with Gasteiger partial charge in [0, 0.05) is 19.5 Å². The molecule has 0 aliphatic carbocycles. The molecule has 1 aliphatic rings. The first-order valence-electron chi connectivity index (χ1n) is 9.62. The molecule has 0 aromatic heterocycles. The summed E-state index contributed by atoms with van der Waals surface area (Å²) >= 11 is 0. The Morgan fingerprint density at radius 1 is 0.964 bits per heavy atom. The van der Waals surface area contributed by atoms with Crippen LogP contribution in [0.4, 0.5) is 5.69 Å². The van der Waals surface area contributed by atoms with Gasteiger partial charge in [0.2, 0.25) is 11.8 Å². The fourth-order valence-corrected chi connectivity index (χ4v) is 3.24. The van der Waals surface area contributed by atoms with Gasteiger partial charge in [0.1, 0.15) is 0 Å². The Morgan fingerprint density at radius 2 is 1.71 bits per heavy atom. The average Bonchev–Trinajstić information content (AvgIpc) is 2.71. The van der Waals surface area contributed by atoms with Crippen LogP contribution in [0.2, 0.25) is 0 Å². The molecule has 0 spiro atoms. The van der Waals surface area contributed by atoms with E-state index in [4.69, 9.17) is 0 Å². The van der Waals surface area contributed by atoms with E-state index in [-0.39, 0.29) is 24.3 Å². The fraction of sp³-hybridized carbons (Fsp3) is 0.318. The fourth-order valence-electron chi connectivity index (χ4n) is 3.24. The van der Waals surface area contributed by atoms with Crippen LogP contribution in [-0.2, 0) is 16.0 Å². The molecule has 1 fully saturated rings. The highest BCUT2D eigenvalue weighted by Crippen LogP contribution is 2.16. The van der Waals surface area contributed by atoms with Crippen LogP contribution in [0.25, 0.3) is 0 Å². The van der Waals surface area contributed by atoms with E-state index >= 15 is 0 Å². The summed E-state index contributed by atoms with van der Waals surface area (Å²) < 4.78 is 0. The second kappa shape index (κ2) is 9.69. The molecule has 2 aromatic carbocycles. The number of carbonyl (C=O) groups is 3. The Morgan fingerprint density at radius 3 is 2.50 bits per heavy atom. The van der Waals surface area contributed by atoms with Crippen molar-refractivity contribution in [2.45, 2.75) is 25.7 Å². The summed E-state index contributed by atoms with van der Waals surface area (Å²) in [6.45, 7) is 1.13. The van der Waals surface area contributed by atoms with E-state index < -0.39 is 0 Å². The topological polar surface area (TPSA) is 78.5 Å². The van der Waals surface area contributed by atoms with Gasteiger partial charge in [-0.25, -0.2) is 0 Å². The van der Waals surface area contributed by atoms with Gasteiger partial charge in [-0.15, -0.1) is 0 Å². The van der Waals surface area contributed by atoms with Gasteiger partial charge in [0.05, 0.1) is 17.8 Å². The van der Waals surface area contributed by atoms with Gasteiger partial charge in [0.25, 0.3) is 5.91 Å². The maximum Gasteiger partial charge on any atom is 0.253 e. The molecule has 3 amide bonds. The molecule has 6 nitrogen and oxygen atoms in total. The molecule has 6 heteroatoms. The van der Waals surface area contributed by atoms with E-state index in [1.165, 1.54) is 0 Å². The third-order valence-electron chi connectivity index (χ3n) is 4.74. The summed E-state index contributed by atoms with van der Waals surface area (Å²) in [5.74, 6) is -0.519. The molecule has 1 saturated heterocycles. The number of carbonyl (C=O) groups excluding carboxylic acids is 3. The normalized spacial score (nSPS) is 13.9. The van der Waals surface area contributed by atoms with Gasteiger partial charge in [-0.2, -0.15) is 0 Å². The monoisotopic (exact) mass is 379 g/mol. The van der Waals surface area contributed by atoms with Crippen LogP contribution in [-0.4, -0.2) is 42.3 Å². The number of hydrogen-bond acceptors (Lipinski definition) is 3. The van der Waals surface area contributed by atoms with Gasteiger partial charge in [0.15, 0.2) is 0 Å². The largest absolute Gasteiger partial charge is 0.352 e. The SMILES string of the molecule is O=C(CN1CCCCC1=O)Nc1ccccc1C(=O)NCCc1ccccc1. The maximum atomic E-state index is 12.6. The minimum Gasteiger partial charge on any atom is -0.352 e. The summed E-state index contributed by atoms with van der Waals surface area (Å²) in [5.41, 5.74) is 2.01. The van der Waals surface area contributed by atoms with E-state index in [2.05, 4.69) is 10.6 Å². The number of nitrogens with zero attached hydrogens (tertiary/aromatic N) is 1. The number of anilines is 1. The first-order valence-corrected chi connectivity index (χ1v) is 9.62. The molecule has 0 bridgehead atoms. The first kappa shape index (κ1) is 19.6. The molecular weight excluding hydrogens is 354 g/mol. The maximum absolute atomic E-state index is 12.6. The first-order chi connectivity index (χ1) is 13.6. The summed E-state index contributed by atoms with van der Waals surface area (Å²) in [6.07, 6.45) is 3.02. The highest BCUT2D eigenvalue weighted by atomic mass is 16.2. The Hall–Kier alpha value is -3.15. The number of benzene rings is 2. The standard InChI is InChI=1S/C22H25N3O3/c26-20(16-25-15-7-6-12-21(25)27)24-19-11-5-4-10-18(19)22(28)23-14-13-17-8-2-1-3-9-17/h1-5,8-11H,6-7,12-16H2,(H,23,28)(H,24,26). The van der Waals surface area contributed by atoms with Gasteiger partial charge in [-0.05, 0) is 37.0 Å². The van der Waals surface area contributed by atoms with Gasteiger partial charge >= 0.3 is 0 Å². The van der Waals surface area contributed by atoms with E-state index in [0.717, 1.165) is 24.8 Å². The van der Waals surface area contributed by atoms with Crippen molar-refractivity contribution in [3.8, 4) is 0 Å². The summed E-state index contributed by atoms with van der Waals surface area (Å²) in [5, 5.41) is 5.67. The van der Waals surface area contributed by atoms with Crippen LogP contribution in [0.1, 0.15) is 35.2 Å². The number of piperidine rings is 1. The van der Waals surface area contributed by atoms with Crippen molar-refractivity contribution in [2.24, 2.45) is 0 Å². The Kier molecular flexibility index (Phi) is 6.78. The number of amides is 3. The lowest BCUT2D eigenvalue weighted by molar-refractivity contribution is -0.136. The Bertz CT molecular complexity index is 836. The van der Waals surface area contributed by atoms with Crippen LogP contribution in [0.3, 0.4) is 0 Å². The zero-order valence-electron chi connectivity index (χ0n) is 15.8. The lowest BCUT2D eigenvalue weighted by Crippen LogP contribution is -2.41. The number of para-hydroxylation sites is 1. The van der Waals surface area contributed by atoms with Gasteiger partial charge in [-0.3, -0.25) is 14.4 Å². The highest BCUT2D eigenvalue weighted by Gasteiger charge is 2.21. The number of rotatable bonds is 7. The van der Waals surface area contributed by atoms with Crippen molar-refractivity contribution >= 4 is 23.4 Å². The zero-order valence-corrected chi connectivity index (χ0v) is 15.8. The zero-order chi connectivity index (χ0) is 19.8. The average molecular weight is 379 g/mol. The van der Waals surface area contributed by atoms with Crippen LogP contribution in [0.15, 0.2) is 54.6 Å². The van der Waals surface area contributed by atoms with Crippen LogP contribution in [0.5, 0.6) is 0 Å². The van der Waals surface area contributed by atoms with E-state index in [1.54, 1.807) is 29.2 Å². The number of nitrogens with one attached hydrogen (secondary N) is 2. The second-order valence-corrected chi connectivity index (χ2v) is 6.86. The minimum absolute atomic E-state index is 0.00772. The van der Waals surface area contributed by atoms with Crippen molar-refractivity contribution in [3.63, 3.8) is 0 Å². The van der Waals surface area contributed by atoms with E-state index in [0.29, 0.717) is 30.8 Å². The summed E-state index contributed by atoms with van der Waals surface area (Å²) in [4.78, 5) is 38.4. The molecule has 1 heterocycles. The molecule has 0 unspecified atom stereocenters. The van der Waals surface area contributed by atoms with Gasteiger partial charge in [-0.1, -0.05) is 42.5 Å². The third kappa shape index (κ3) is 5.42. The van der Waals surface area contributed by atoms with Crippen LogP contribution < -0.4 is 10.6 Å². The molecule has 0 radical (unpaired) electrons. The quantitative estimate of drug-likeness (QED) is 0.776. The van der Waals surface area contributed by atoms with Crippen LogP contribution in [0, 0.1) is 0 Å². The predicted octanol–water partition coefficient (Wildman–Crippen LogP) is 2.61. The Balaban J connectivity index is 1.56. The molecule has 1 aliphatic heterocycles. The third-order valence-corrected chi connectivity index (χ3v) is 4.74. The lowest BCUT2D eigenvalue weighted by atomic mass is 10.1. The molecule has 146 valence electrons. The molecule has 0 saturated carbocycles. The molecular formula is C22H25N3O3. The van der Waals surface area contributed by atoms with Crippen molar-refractivity contribution in [2.75, 3.05) is 25.0 Å². The molecule has 28 heavy (non-hydrogen) atoms. The number of hydrogen-bond donors (Lipinski definition) is 2. The lowest BCUT2D eigenvalue weighted by Gasteiger charge is -2.26. The molecule has 2 N–H and O–H groups in total. The second-order valence-electron chi connectivity index (χ2n) is 6.86. The smallest absolute Gasteiger partial charge is 0.253 e. The van der Waals surface area contributed by atoms with Crippen LogP contribution >= 0.6 is 0 Å². The number of likely N-dealkylation sites (tertiary alicyclic amines) is 1. The summed E-state index contributed by atoms with van der Waals surface area (Å²) in [7, 11) is 0.